The fraction of sp³-hybridized carbons (Fsp3) is 0.357. The Balaban J connectivity index is 2.37. The summed E-state index contributed by atoms with van der Waals surface area (Å²) in [6.45, 7) is 4.51. The molecule has 0 spiro atoms. The fourth-order valence-corrected chi connectivity index (χ4v) is 1.81. The predicted molar refractivity (Wildman–Crippen MR) is 73.4 cm³/mol. The molecule has 2 heterocycles. The third-order valence-corrected chi connectivity index (χ3v) is 2.91. The first kappa shape index (κ1) is 13.3. The molecule has 1 amide bonds. The van der Waals surface area contributed by atoms with E-state index in [9.17, 15) is 9.59 Å². The van der Waals surface area contributed by atoms with Crippen LogP contribution in [-0.2, 0) is 0 Å². The Labute approximate surface area is 111 Å². The lowest BCUT2D eigenvalue weighted by molar-refractivity contribution is 0.0951. The van der Waals surface area contributed by atoms with Crippen LogP contribution in [0.25, 0.3) is 5.65 Å². The molecule has 0 saturated carbocycles. The van der Waals surface area contributed by atoms with Crippen LogP contribution in [0.2, 0.25) is 0 Å². The maximum Gasteiger partial charge on any atom is 0.270 e. The van der Waals surface area contributed by atoms with E-state index in [2.05, 4.69) is 10.3 Å². The molecule has 0 unspecified atom stereocenters. The van der Waals surface area contributed by atoms with Crippen LogP contribution < -0.4 is 10.9 Å². The summed E-state index contributed by atoms with van der Waals surface area (Å²) < 4.78 is 1.41. The number of fused-ring (bicyclic) bond motifs is 1. The van der Waals surface area contributed by atoms with E-state index in [4.69, 9.17) is 0 Å². The van der Waals surface area contributed by atoms with Gasteiger partial charge in [0.2, 0.25) is 0 Å². The van der Waals surface area contributed by atoms with Gasteiger partial charge in [0.15, 0.2) is 0 Å². The zero-order valence-corrected chi connectivity index (χ0v) is 11.1. The molecular formula is C14H17N3O2. The van der Waals surface area contributed by atoms with Crippen molar-refractivity contribution in [1.82, 2.24) is 14.7 Å². The molecule has 0 saturated heterocycles. The van der Waals surface area contributed by atoms with Gasteiger partial charge in [-0.2, -0.15) is 0 Å². The van der Waals surface area contributed by atoms with Gasteiger partial charge in [-0.25, -0.2) is 4.98 Å². The minimum Gasteiger partial charge on any atom is -0.352 e. The van der Waals surface area contributed by atoms with Crippen molar-refractivity contribution in [1.29, 1.82) is 0 Å². The number of carbonyl (C=O) groups excluding carboxylic acids is 1. The highest BCUT2D eigenvalue weighted by molar-refractivity contribution is 5.93. The topological polar surface area (TPSA) is 63.5 Å². The maximum atomic E-state index is 12.2. The van der Waals surface area contributed by atoms with Crippen molar-refractivity contribution in [3.05, 3.63) is 46.0 Å². The predicted octanol–water partition coefficient (Wildman–Crippen LogP) is 1.53. The molecule has 0 aliphatic carbocycles. The number of aryl methyl sites for hydroxylation is 1. The second-order valence-electron chi connectivity index (χ2n) is 4.52. The Morgan fingerprint density at radius 2 is 2.21 bits per heavy atom. The zero-order chi connectivity index (χ0) is 13.8. The summed E-state index contributed by atoms with van der Waals surface area (Å²) in [5.74, 6) is -0.359. The number of nitrogens with zero attached hydrogens (tertiary/aromatic N) is 2. The van der Waals surface area contributed by atoms with Crippen LogP contribution in [0.5, 0.6) is 0 Å². The lowest BCUT2D eigenvalue weighted by Gasteiger charge is -2.06. The molecular weight excluding hydrogens is 242 g/mol. The molecule has 0 aromatic carbocycles. The molecule has 0 bridgehead atoms. The summed E-state index contributed by atoms with van der Waals surface area (Å²) >= 11 is 0. The molecule has 2 aromatic rings. The summed E-state index contributed by atoms with van der Waals surface area (Å²) in [5, 5.41) is 2.73. The highest BCUT2D eigenvalue weighted by Gasteiger charge is 2.12. The average Bonchev–Trinajstić information content (AvgIpc) is 2.40. The monoisotopic (exact) mass is 259 g/mol. The molecule has 1 N–H and O–H groups in total. The van der Waals surface area contributed by atoms with Crippen LogP contribution in [0.4, 0.5) is 0 Å². The lowest BCUT2D eigenvalue weighted by Crippen LogP contribution is -2.32. The van der Waals surface area contributed by atoms with Crippen LogP contribution in [-0.4, -0.2) is 21.8 Å². The van der Waals surface area contributed by atoms with Crippen molar-refractivity contribution in [3.8, 4) is 0 Å². The highest BCUT2D eigenvalue weighted by Crippen LogP contribution is 2.01. The quantitative estimate of drug-likeness (QED) is 0.847. The normalized spacial score (nSPS) is 10.6. The van der Waals surface area contributed by atoms with Gasteiger partial charge in [-0.3, -0.25) is 14.0 Å². The Morgan fingerprint density at radius 3 is 2.95 bits per heavy atom. The van der Waals surface area contributed by atoms with Crippen LogP contribution in [0.3, 0.4) is 0 Å². The van der Waals surface area contributed by atoms with E-state index in [-0.39, 0.29) is 17.0 Å². The number of hydrogen-bond donors (Lipinski definition) is 1. The van der Waals surface area contributed by atoms with E-state index in [1.807, 2.05) is 19.9 Å². The Morgan fingerprint density at radius 1 is 1.42 bits per heavy atom. The second-order valence-corrected chi connectivity index (χ2v) is 4.52. The maximum absolute atomic E-state index is 12.2. The van der Waals surface area contributed by atoms with Gasteiger partial charge in [0.25, 0.3) is 11.5 Å². The van der Waals surface area contributed by atoms with E-state index < -0.39 is 0 Å². The number of rotatable bonds is 4. The fourth-order valence-electron chi connectivity index (χ4n) is 1.81. The van der Waals surface area contributed by atoms with Crippen molar-refractivity contribution < 1.29 is 4.79 Å². The third kappa shape index (κ3) is 2.81. The van der Waals surface area contributed by atoms with Gasteiger partial charge in [0.05, 0.1) is 0 Å². The van der Waals surface area contributed by atoms with Gasteiger partial charge in [0.1, 0.15) is 11.2 Å². The van der Waals surface area contributed by atoms with Crippen molar-refractivity contribution in [2.75, 3.05) is 6.54 Å². The largest absolute Gasteiger partial charge is 0.352 e. The Bertz CT molecular complexity index is 661. The van der Waals surface area contributed by atoms with Gasteiger partial charge >= 0.3 is 0 Å². The van der Waals surface area contributed by atoms with Crippen molar-refractivity contribution in [2.24, 2.45) is 0 Å². The molecule has 2 aromatic heterocycles. The molecule has 0 aliphatic heterocycles. The van der Waals surface area contributed by atoms with Crippen LogP contribution in [0, 0.1) is 6.92 Å². The van der Waals surface area contributed by atoms with Gasteiger partial charge in [-0.05, 0) is 25.0 Å². The number of nitrogens with one attached hydrogen (secondary N) is 1. The number of aromatic nitrogens is 2. The number of unbranched alkanes of at least 4 members (excludes halogenated alkanes) is 1. The van der Waals surface area contributed by atoms with Crippen LogP contribution in [0.15, 0.2) is 29.3 Å². The first-order valence-electron chi connectivity index (χ1n) is 6.39. The number of amides is 1. The lowest BCUT2D eigenvalue weighted by atomic mass is 10.2. The molecule has 5 heteroatoms. The minimum absolute atomic E-state index is 0.0826. The first-order chi connectivity index (χ1) is 9.13. The Hall–Kier alpha value is -2.17. The molecule has 5 nitrogen and oxygen atoms in total. The van der Waals surface area contributed by atoms with E-state index in [1.54, 1.807) is 12.3 Å². The van der Waals surface area contributed by atoms with Crippen molar-refractivity contribution in [2.45, 2.75) is 26.7 Å². The molecule has 0 atom stereocenters. The number of carbonyl (C=O) groups is 1. The molecule has 0 radical (unpaired) electrons. The highest BCUT2D eigenvalue weighted by atomic mass is 16.2. The number of pyridine rings is 1. The smallest absolute Gasteiger partial charge is 0.270 e. The SMILES string of the molecule is CCCCNC(=O)c1cnc2ccc(C)cn2c1=O. The minimum atomic E-state index is -0.359. The molecule has 0 fully saturated rings. The van der Waals surface area contributed by atoms with Gasteiger partial charge in [0, 0.05) is 18.9 Å². The summed E-state index contributed by atoms with van der Waals surface area (Å²) in [6, 6.07) is 3.64. The van der Waals surface area contributed by atoms with Gasteiger partial charge in [-0.1, -0.05) is 19.4 Å². The third-order valence-electron chi connectivity index (χ3n) is 2.91. The van der Waals surface area contributed by atoms with Crippen LogP contribution in [0.1, 0.15) is 35.7 Å². The molecule has 0 aliphatic rings. The van der Waals surface area contributed by atoms with Gasteiger partial charge < -0.3 is 5.32 Å². The van der Waals surface area contributed by atoms with Crippen LogP contribution >= 0.6 is 0 Å². The zero-order valence-electron chi connectivity index (χ0n) is 11.1. The van der Waals surface area contributed by atoms with Gasteiger partial charge in [-0.15, -0.1) is 0 Å². The summed E-state index contributed by atoms with van der Waals surface area (Å²) in [5.41, 5.74) is 1.24. The number of hydrogen-bond acceptors (Lipinski definition) is 3. The molecule has 2 rings (SSSR count). The molecule has 100 valence electrons. The summed E-state index contributed by atoms with van der Waals surface area (Å²) in [7, 11) is 0. The Kier molecular flexibility index (Phi) is 3.94. The first-order valence-corrected chi connectivity index (χ1v) is 6.39. The second kappa shape index (κ2) is 5.65. The van der Waals surface area contributed by atoms with Crippen molar-refractivity contribution in [3.63, 3.8) is 0 Å². The van der Waals surface area contributed by atoms with Crippen molar-refractivity contribution >= 4 is 11.6 Å². The van der Waals surface area contributed by atoms with E-state index >= 15 is 0 Å². The standard InChI is InChI=1S/C14H17N3O2/c1-3-4-7-15-13(18)11-8-16-12-6-5-10(2)9-17(12)14(11)19/h5-6,8-9H,3-4,7H2,1-2H3,(H,15,18). The van der Waals surface area contributed by atoms with E-state index in [0.717, 1.165) is 18.4 Å². The summed E-state index contributed by atoms with van der Waals surface area (Å²) in [6.07, 6.45) is 4.92. The molecule has 19 heavy (non-hydrogen) atoms. The summed E-state index contributed by atoms with van der Waals surface area (Å²) in [4.78, 5) is 28.3. The average molecular weight is 259 g/mol. The van der Waals surface area contributed by atoms with E-state index in [0.29, 0.717) is 12.2 Å². The van der Waals surface area contributed by atoms with E-state index in [1.165, 1.54) is 10.6 Å².